The first kappa shape index (κ1) is 11.0. The van der Waals surface area contributed by atoms with E-state index in [1.54, 1.807) is 11.3 Å². The Balaban J connectivity index is 1.85. The van der Waals surface area contributed by atoms with Crippen molar-refractivity contribution in [3.8, 4) is 0 Å². The molecular weight excluding hydrogens is 232 g/mol. The van der Waals surface area contributed by atoms with Crippen molar-refractivity contribution in [3.05, 3.63) is 40.1 Å². The molecule has 0 bridgehead atoms. The molecule has 4 heteroatoms. The Kier molecular flexibility index (Phi) is 2.99. The molecule has 0 amide bonds. The molecular formula is C13H16N2OS. The number of aromatic nitrogens is 2. The van der Waals surface area contributed by atoms with Crippen LogP contribution in [-0.2, 0) is 13.0 Å². The molecule has 2 aromatic rings. The van der Waals surface area contributed by atoms with Gasteiger partial charge in [0.1, 0.15) is 5.82 Å². The molecule has 1 unspecified atom stereocenters. The second-order valence-corrected chi connectivity index (χ2v) is 5.59. The van der Waals surface area contributed by atoms with Gasteiger partial charge in [-0.3, -0.25) is 0 Å². The third kappa shape index (κ3) is 2.15. The molecule has 1 aliphatic heterocycles. The highest BCUT2D eigenvalue weighted by atomic mass is 32.1. The lowest BCUT2D eigenvalue weighted by Crippen LogP contribution is -2.18. The first-order valence-corrected chi connectivity index (χ1v) is 6.94. The Morgan fingerprint density at radius 3 is 3.24 bits per heavy atom. The maximum Gasteiger partial charge on any atom is 0.114 e. The monoisotopic (exact) mass is 248 g/mol. The van der Waals surface area contributed by atoms with Gasteiger partial charge in [-0.25, -0.2) is 4.98 Å². The van der Waals surface area contributed by atoms with E-state index in [0.29, 0.717) is 0 Å². The second kappa shape index (κ2) is 4.63. The number of imidazole rings is 1. The minimum absolute atomic E-state index is 0.218. The van der Waals surface area contributed by atoms with Crippen LogP contribution in [0.4, 0.5) is 0 Å². The zero-order valence-corrected chi connectivity index (χ0v) is 10.5. The average Bonchev–Trinajstić information content (AvgIpc) is 2.97. The van der Waals surface area contributed by atoms with E-state index in [1.807, 2.05) is 0 Å². The molecule has 1 aliphatic rings. The minimum Gasteiger partial charge on any atom is -0.396 e. The third-order valence-electron chi connectivity index (χ3n) is 3.33. The molecule has 1 N–H and O–H groups in total. The van der Waals surface area contributed by atoms with Gasteiger partial charge in [-0.1, -0.05) is 6.07 Å². The molecule has 1 atom stereocenters. The molecule has 0 radical (unpaired) electrons. The predicted molar refractivity (Wildman–Crippen MR) is 68.4 cm³/mol. The molecule has 3 nitrogen and oxygen atoms in total. The zero-order chi connectivity index (χ0) is 11.7. The highest BCUT2D eigenvalue weighted by molar-refractivity contribution is 7.09. The molecule has 3 heterocycles. The molecule has 0 aromatic carbocycles. The lowest BCUT2D eigenvalue weighted by Gasteiger charge is -2.21. The van der Waals surface area contributed by atoms with Gasteiger partial charge in [0.2, 0.25) is 0 Å². The van der Waals surface area contributed by atoms with Gasteiger partial charge in [0, 0.05) is 30.0 Å². The van der Waals surface area contributed by atoms with Gasteiger partial charge in [-0.2, -0.15) is 0 Å². The Hall–Kier alpha value is -1.13. The van der Waals surface area contributed by atoms with E-state index in [0.717, 1.165) is 37.3 Å². The summed E-state index contributed by atoms with van der Waals surface area (Å²) in [6, 6.07) is 4.22. The molecule has 3 rings (SSSR count). The molecule has 2 aromatic heterocycles. The van der Waals surface area contributed by atoms with Crippen molar-refractivity contribution in [3.63, 3.8) is 0 Å². The van der Waals surface area contributed by atoms with E-state index in [1.165, 1.54) is 4.88 Å². The normalized spacial score (nSPS) is 19.2. The van der Waals surface area contributed by atoms with Crippen LogP contribution in [0.25, 0.3) is 0 Å². The van der Waals surface area contributed by atoms with Crippen LogP contribution in [0.2, 0.25) is 0 Å². The molecule has 0 fully saturated rings. The Labute approximate surface area is 105 Å². The standard InChI is InChI=1S/C13H16N2OS/c16-9-10-3-1-5-15-8-11(14-13(10)15)7-12-4-2-6-17-12/h2,4,6,8,10,16H,1,3,5,7,9H2. The van der Waals surface area contributed by atoms with E-state index in [9.17, 15) is 5.11 Å². The van der Waals surface area contributed by atoms with Crippen LogP contribution in [-0.4, -0.2) is 21.3 Å². The first-order chi connectivity index (χ1) is 8.36. The van der Waals surface area contributed by atoms with Crippen molar-refractivity contribution in [1.29, 1.82) is 0 Å². The smallest absolute Gasteiger partial charge is 0.114 e. The topological polar surface area (TPSA) is 38.0 Å². The zero-order valence-electron chi connectivity index (χ0n) is 9.67. The Morgan fingerprint density at radius 2 is 2.47 bits per heavy atom. The van der Waals surface area contributed by atoms with Gasteiger partial charge in [-0.15, -0.1) is 11.3 Å². The largest absolute Gasteiger partial charge is 0.396 e. The summed E-state index contributed by atoms with van der Waals surface area (Å²) in [6.45, 7) is 1.26. The van der Waals surface area contributed by atoms with E-state index in [4.69, 9.17) is 0 Å². The van der Waals surface area contributed by atoms with Crippen molar-refractivity contribution < 1.29 is 5.11 Å². The van der Waals surface area contributed by atoms with E-state index >= 15 is 0 Å². The van der Waals surface area contributed by atoms with Crippen LogP contribution >= 0.6 is 11.3 Å². The van der Waals surface area contributed by atoms with Crippen molar-refractivity contribution in [2.24, 2.45) is 0 Å². The summed E-state index contributed by atoms with van der Waals surface area (Å²) in [5, 5.41) is 11.5. The fraction of sp³-hybridized carbons (Fsp3) is 0.462. The summed E-state index contributed by atoms with van der Waals surface area (Å²) in [6.07, 6.45) is 5.27. The highest BCUT2D eigenvalue weighted by Crippen LogP contribution is 2.27. The number of thiophene rings is 1. The molecule has 0 saturated heterocycles. The second-order valence-electron chi connectivity index (χ2n) is 4.56. The SMILES string of the molecule is OCC1CCCn2cc(Cc3cccs3)nc21. The number of fused-ring (bicyclic) bond motifs is 1. The van der Waals surface area contributed by atoms with Crippen LogP contribution in [0.1, 0.15) is 35.2 Å². The summed E-state index contributed by atoms with van der Waals surface area (Å²) in [5.41, 5.74) is 1.13. The fourth-order valence-electron chi connectivity index (χ4n) is 2.48. The van der Waals surface area contributed by atoms with Crippen molar-refractivity contribution >= 4 is 11.3 Å². The quantitative estimate of drug-likeness (QED) is 0.905. The molecule has 17 heavy (non-hydrogen) atoms. The summed E-state index contributed by atoms with van der Waals surface area (Å²) in [5.74, 6) is 1.31. The average molecular weight is 248 g/mol. The summed E-state index contributed by atoms with van der Waals surface area (Å²) in [7, 11) is 0. The van der Waals surface area contributed by atoms with E-state index < -0.39 is 0 Å². The Morgan fingerprint density at radius 1 is 1.53 bits per heavy atom. The van der Waals surface area contributed by atoms with Crippen LogP contribution in [0.5, 0.6) is 0 Å². The van der Waals surface area contributed by atoms with Gasteiger partial charge in [0.05, 0.1) is 12.3 Å². The van der Waals surface area contributed by atoms with E-state index in [-0.39, 0.29) is 12.5 Å². The van der Waals surface area contributed by atoms with Crippen LogP contribution in [0, 0.1) is 0 Å². The predicted octanol–water partition coefficient (Wildman–Crippen LogP) is 2.41. The number of hydrogen-bond donors (Lipinski definition) is 1. The molecule has 90 valence electrons. The number of rotatable bonds is 3. The lowest BCUT2D eigenvalue weighted by atomic mass is 10.0. The van der Waals surface area contributed by atoms with E-state index in [2.05, 4.69) is 33.3 Å². The number of aryl methyl sites for hydroxylation is 1. The van der Waals surface area contributed by atoms with Crippen molar-refractivity contribution in [1.82, 2.24) is 9.55 Å². The fourth-order valence-corrected chi connectivity index (χ4v) is 3.20. The molecule has 0 spiro atoms. The maximum absolute atomic E-state index is 9.35. The molecule has 0 aliphatic carbocycles. The number of nitrogens with zero attached hydrogens (tertiary/aromatic N) is 2. The maximum atomic E-state index is 9.35. The first-order valence-electron chi connectivity index (χ1n) is 6.06. The lowest BCUT2D eigenvalue weighted by molar-refractivity contribution is 0.238. The van der Waals surface area contributed by atoms with Crippen LogP contribution in [0.3, 0.4) is 0 Å². The summed E-state index contributed by atoms with van der Waals surface area (Å²) >= 11 is 1.77. The van der Waals surface area contributed by atoms with Gasteiger partial charge in [0.25, 0.3) is 0 Å². The van der Waals surface area contributed by atoms with Gasteiger partial charge >= 0.3 is 0 Å². The third-order valence-corrected chi connectivity index (χ3v) is 4.21. The van der Waals surface area contributed by atoms with Gasteiger partial charge in [-0.05, 0) is 24.3 Å². The number of hydrogen-bond acceptors (Lipinski definition) is 3. The van der Waals surface area contributed by atoms with Crippen molar-refractivity contribution in [2.45, 2.75) is 31.7 Å². The van der Waals surface area contributed by atoms with Gasteiger partial charge in [0.15, 0.2) is 0 Å². The number of aliphatic hydroxyl groups is 1. The van der Waals surface area contributed by atoms with Gasteiger partial charge < -0.3 is 9.67 Å². The summed E-state index contributed by atoms with van der Waals surface area (Å²) in [4.78, 5) is 6.04. The number of aliphatic hydroxyl groups excluding tert-OH is 1. The van der Waals surface area contributed by atoms with Crippen LogP contribution < -0.4 is 0 Å². The summed E-state index contributed by atoms with van der Waals surface area (Å²) < 4.78 is 2.22. The minimum atomic E-state index is 0.218. The Bertz CT molecular complexity index is 489. The highest BCUT2D eigenvalue weighted by Gasteiger charge is 2.22. The van der Waals surface area contributed by atoms with Crippen LogP contribution in [0.15, 0.2) is 23.7 Å². The van der Waals surface area contributed by atoms with Crippen molar-refractivity contribution in [2.75, 3.05) is 6.61 Å². The molecule has 0 saturated carbocycles.